The molecule has 1 amide bonds. The zero-order valence-corrected chi connectivity index (χ0v) is 23.0. The zero-order valence-electron chi connectivity index (χ0n) is 22.2. The smallest absolute Gasteiger partial charge is 0.363 e. The van der Waals surface area contributed by atoms with E-state index < -0.39 is 27.3 Å². The lowest BCUT2D eigenvalue weighted by atomic mass is 10.1. The van der Waals surface area contributed by atoms with Crippen molar-refractivity contribution in [2.45, 2.75) is 49.8 Å². The maximum atomic E-state index is 13.4. The first-order chi connectivity index (χ1) is 18.3. The molecule has 0 aliphatic heterocycles. The van der Waals surface area contributed by atoms with Crippen LogP contribution in [-0.2, 0) is 27.5 Å². The molecule has 2 aromatic carbocycles. The second-order valence-corrected chi connectivity index (χ2v) is 11.7. The Balaban J connectivity index is 1.56. The van der Waals surface area contributed by atoms with E-state index in [-0.39, 0.29) is 23.9 Å². The fraction of sp³-hybridized carbons (Fsp3) is 0.357. The summed E-state index contributed by atoms with van der Waals surface area (Å²) in [6, 6.07) is 14.7. The molecule has 1 fully saturated rings. The Morgan fingerprint density at radius 1 is 1.03 bits per heavy atom. The van der Waals surface area contributed by atoms with Crippen LogP contribution in [0.1, 0.15) is 36.5 Å². The van der Waals surface area contributed by atoms with Gasteiger partial charge < -0.3 is 10.2 Å². The van der Waals surface area contributed by atoms with Crippen molar-refractivity contribution in [2.75, 3.05) is 25.5 Å². The van der Waals surface area contributed by atoms with Crippen molar-refractivity contribution in [1.82, 2.24) is 14.6 Å². The molecule has 7 nitrogen and oxygen atoms in total. The SMILES string of the molecule is CCN(C1(C(=O)NCc2cc(-c3ccc(C(F)(F)F)cc3)nc(N(C)C)c2)CC1)S(=O)(=O)c1ccc(C)cc1. The summed E-state index contributed by atoms with van der Waals surface area (Å²) < 4.78 is 67.1. The number of carbonyl (C=O) groups is 1. The van der Waals surface area contributed by atoms with Gasteiger partial charge in [0.05, 0.1) is 16.2 Å². The molecule has 0 spiro atoms. The largest absolute Gasteiger partial charge is 0.416 e. The van der Waals surface area contributed by atoms with Crippen LogP contribution in [0.15, 0.2) is 65.6 Å². The van der Waals surface area contributed by atoms with Crippen molar-refractivity contribution in [2.24, 2.45) is 0 Å². The van der Waals surface area contributed by atoms with Gasteiger partial charge in [-0.05, 0) is 61.7 Å². The summed E-state index contributed by atoms with van der Waals surface area (Å²) in [5.74, 6) is 0.175. The maximum Gasteiger partial charge on any atom is 0.416 e. The summed E-state index contributed by atoms with van der Waals surface area (Å²) in [6.45, 7) is 3.82. The second kappa shape index (κ2) is 10.6. The normalized spacial score (nSPS) is 14.8. The number of anilines is 1. The monoisotopic (exact) mass is 560 g/mol. The van der Waals surface area contributed by atoms with E-state index >= 15 is 0 Å². The lowest BCUT2D eigenvalue weighted by Crippen LogP contribution is -2.51. The quantitative estimate of drug-likeness (QED) is 0.398. The van der Waals surface area contributed by atoms with Crippen LogP contribution in [0, 0.1) is 6.92 Å². The molecule has 3 aromatic rings. The number of likely N-dealkylation sites (N-methyl/N-ethyl adjacent to an activating group) is 1. The molecule has 1 aliphatic carbocycles. The van der Waals surface area contributed by atoms with Crippen molar-refractivity contribution in [3.63, 3.8) is 0 Å². The third-order valence-corrected chi connectivity index (χ3v) is 8.87. The number of nitrogens with zero attached hydrogens (tertiary/aromatic N) is 3. The maximum absolute atomic E-state index is 13.4. The molecule has 0 unspecified atom stereocenters. The van der Waals surface area contributed by atoms with Crippen molar-refractivity contribution in [1.29, 1.82) is 0 Å². The van der Waals surface area contributed by atoms with E-state index in [1.807, 2.05) is 6.92 Å². The third-order valence-electron chi connectivity index (χ3n) is 6.81. The molecule has 1 aromatic heterocycles. The Labute approximate surface area is 226 Å². The Kier molecular flexibility index (Phi) is 7.77. The first kappa shape index (κ1) is 28.6. The van der Waals surface area contributed by atoms with E-state index in [0.29, 0.717) is 35.5 Å². The molecule has 4 rings (SSSR count). The molecule has 11 heteroatoms. The number of aryl methyl sites for hydroxylation is 1. The van der Waals surface area contributed by atoms with Crippen LogP contribution in [0.25, 0.3) is 11.3 Å². The summed E-state index contributed by atoms with van der Waals surface area (Å²) >= 11 is 0. The predicted molar refractivity (Wildman–Crippen MR) is 144 cm³/mol. The number of benzene rings is 2. The molecule has 1 heterocycles. The van der Waals surface area contributed by atoms with Crippen molar-refractivity contribution in [3.8, 4) is 11.3 Å². The van der Waals surface area contributed by atoms with E-state index in [0.717, 1.165) is 17.7 Å². The van der Waals surface area contributed by atoms with Gasteiger partial charge in [0.2, 0.25) is 15.9 Å². The molecule has 0 radical (unpaired) electrons. The van der Waals surface area contributed by atoms with Crippen LogP contribution in [0.4, 0.5) is 19.0 Å². The lowest BCUT2D eigenvalue weighted by Gasteiger charge is -2.29. The second-order valence-electron chi connectivity index (χ2n) is 9.89. The highest BCUT2D eigenvalue weighted by molar-refractivity contribution is 7.89. The molecule has 0 atom stereocenters. The predicted octanol–water partition coefficient (Wildman–Crippen LogP) is 5.00. The number of hydrogen-bond acceptors (Lipinski definition) is 5. The minimum Gasteiger partial charge on any atom is -0.363 e. The van der Waals surface area contributed by atoms with Crippen molar-refractivity contribution >= 4 is 21.7 Å². The number of carbonyl (C=O) groups excluding carboxylic acids is 1. The van der Waals surface area contributed by atoms with Gasteiger partial charge in [-0.25, -0.2) is 13.4 Å². The van der Waals surface area contributed by atoms with Crippen LogP contribution < -0.4 is 10.2 Å². The standard InChI is InChI=1S/C28H31F3N4O3S/c1-5-35(39(37,38)23-12-6-19(2)7-13-23)27(14-15-27)26(36)32-18-20-16-24(33-25(17-20)34(3)4)21-8-10-22(11-9-21)28(29,30)31/h6-13,16-17H,5,14-15,18H2,1-4H3,(H,32,36). The highest BCUT2D eigenvalue weighted by Gasteiger charge is 2.58. The molecule has 1 saturated carbocycles. The number of hydrogen-bond donors (Lipinski definition) is 1. The van der Waals surface area contributed by atoms with Crippen LogP contribution in [-0.4, -0.2) is 49.8 Å². The first-order valence-electron chi connectivity index (χ1n) is 12.5. The topological polar surface area (TPSA) is 82.6 Å². The Morgan fingerprint density at radius 3 is 2.15 bits per heavy atom. The molecule has 0 saturated heterocycles. The summed E-state index contributed by atoms with van der Waals surface area (Å²) in [4.78, 5) is 19.8. The summed E-state index contributed by atoms with van der Waals surface area (Å²) in [7, 11) is -0.316. The van der Waals surface area contributed by atoms with Crippen LogP contribution >= 0.6 is 0 Å². The zero-order chi connectivity index (χ0) is 28.6. The highest BCUT2D eigenvalue weighted by atomic mass is 32.2. The fourth-order valence-corrected chi connectivity index (χ4v) is 6.28. The molecular weight excluding hydrogens is 529 g/mol. The number of rotatable bonds is 9. The van der Waals surface area contributed by atoms with E-state index in [1.165, 1.54) is 16.4 Å². The van der Waals surface area contributed by atoms with E-state index in [4.69, 9.17) is 0 Å². The van der Waals surface area contributed by atoms with Gasteiger partial charge in [-0.15, -0.1) is 0 Å². The molecule has 208 valence electrons. The van der Waals surface area contributed by atoms with Gasteiger partial charge in [0.15, 0.2) is 0 Å². The molecule has 1 N–H and O–H groups in total. The fourth-order valence-electron chi connectivity index (χ4n) is 4.48. The van der Waals surface area contributed by atoms with Crippen molar-refractivity contribution < 1.29 is 26.4 Å². The average molecular weight is 561 g/mol. The summed E-state index contributed by atoms with van der Waals surface area (Å²) in [6.07, 6.45) is -3.62. The third kappa shape index (κ3) is 5.94. The lowest BCUT2D eigenvalue weighted by molar-refractivity contribution is -0.137. The summed E-state index contributed by atoms with van der Waals surface area (Å²) in [5, 5.41) is 2.88. The number of pyridine rings is 1. The number of sulfonamides is 1. The average Bonchev–Trinajstić information content (AvgIpc) is 3.68. The van der Waals surface area contributed by atoms with Gasteiger partial charge in [-0.2, -0.15) is 17.5 Å². The molecule has 0 bridgehead atoms. The van der Waals surface area contributed by atoms with Gasteiger partial charge in [-0.3, -0.25) is 4.79 Å². The van der Waals surface area contributed by atoms with E-state index in [1.54, 1.807) is 62.3 Å². The Hall–Kier alpha value is -3.44. The Morgan fingerprint density at radius 2 is 1.64 bits per heavy atom. The highest BCUT2D eigenvalue weighted by Crippen LogP contribution is 2.45. The number of amides is 1. The molecular formula is C28H31F3N4O3S. The summed E-state index contributed by atoms with van der Waals surface area (Å²) in [5.41, 5.74) is 0.653. The minimum absolute atomic E-state index is 0.0969. The first-order valence-corrected chi connectivity index (χ1v) is 14.0. The molecule has 39 heavy (non-hydrogen) atoms. The van der Waals surface area contributed by atoms with E-state index in [2.05, 4.69) is 10.3 Å². The number of nitrogens with one attached hydrogen (secondary N) is 1. The van der Waals surface area contributed by atoms with Gasteiger partial charge in [0.1, 0.15) is 11.4 Å². The van der Waals surface area contributed by atoms with Gasteiger partial charge in [-0.1, -0.05) is 36.8 Å². The van der Waals surface area contributed by atoms with Gasteiger partial charge >= 0.3 is 6.18 Å². The number of alkyl halides is 3. The minimum atomic E-state index is -4.44. The Bertz CT molecular complexity index is 1450. The van der Waals surface area contributed by atoms with Gasteiger partial charge in [0.25, 0.3) is 0 Å². The van der Waals surface area contributed by atoms with Crippen LogP contribution in [0.3, 0.4) is 0 Å². The van der Waals surface area contributed by atoms with E-state index in [9.17, 15) is 26.4 Å². The number of halogens is 3. The molecule has 1 aliphatic rings. The number of aromatic nitrogens is 1. The van der Waals surface area contributed by atoms with Crippen LogP contribution in [0.5, 0.6) is 0 Å². The van der Waals surface area contributed by atoms with Gasteiger partial charge in [0, 0.05) is 32.7 Å². The van der Waals surface area contributed by atoms with Crippen molar-refractivity contribution in [3.05, 3.63) is 77.4 Å². The van der Waals surface area contributed by atoms with Crippen LogP contribution in [0.2, 0.25) is 0 Å².